The van der Waals surface area contributed by atoms with E-state index in [1.807, 2.05) is 26.0 Å². The van der Waals surface area contributed by atoms with Crippen molar-refractivity contribution in [3.63, 3.8) is 0 Å². The van der Waals surface area contributed by atoms with Crippen molar-refractivity contribution in [1.29, 1.82) is 0 Å². The summed E-state index contributed by atoms with van der Waals surface area (Å²) in [4.78, 5) is 39.3. The number of ether oxygens (including phenoxy) is 2. The lowest BCUT2D eigenvalue weighted by molar-refractivity contribution is -0.155. The van der Waals surface area contributed by atoms with Crippen LogP contribution in [0.15, 0.2) is 47.0 Å². The van der Waals surface area contributed by atoms with Crippen LogP contribution in [0.2, 0.25) is 5.02 Å². The van der Waals surface area contributed by atoms with Gasteiger partial charge in [-0.3, -0.25) is 4.79 Å². The molecule has 0 spiro atoms. The zero-order valence-electron chi connectivity index (χ0n) is 21.9. The summed E-state index contributed by atoms with van der Waals surface area (Å²) in [6.45, 7) is 7.43. The highest BCUT2D eigenvalue weighted by atomic mass is 35.5. The lowest BCUT2D eigenvalue weighted by atomic mass is 10.0. The molecule has 202 valence electrons. The first-order valence-electron chi connectivity index (χ1n) is 12.4. The van der Waals surface area contributed by atoms with E-state index < -0.39 is 17.6 Å². The molecule has 1 aliphatic heterocycles. The second-order valence-electron chi connectivity index (χ2n) is 9.97. The molecule has 39 heavy (non-hydrogen) atoms. The lowest BCUT2D eigenvalue weighted by Crippen LogP contribution is -2.52. The molecule has 1 aliphatic rings. The highest BCUT2D eigenvalue weighted by Crippen LogP contribution is 2.34. The van der Waals surface area contributed by atoms with Gasteiger partial charge in [-0.05, 0) is 82.0 Å². The van der Waals surface area contributed by atoms with Crippen LogP contribution >= 0.6 is 11.6 Å². The molecule has 0 unspecified atom stereocenters. The van der Waals surface area contributed by atoms with Crippen molar-refractivity contribution in [2.24, 2.45) is 0 Å². The number of nitrogens with zero attached hydrogens (tertiary/aromatic N) is 4. The SMILES string of the molecule is Cc1cc(-c2nc3cnc(Oc4cccc(Cl)c4)nc3o2)cc(C)c1OC(C)(C)C(=O)N1CCC[C@H]1C(=O)O. The number of benzene rings is 2. The van der Waals surface area contributed by atoms with Crippen LogP contribution in [0.4, 0.5) is 0 Å². The van der Waals surface area contributed by atoms with Crippen LogP contribution in [0, 0.1) is 13.8 Å². The van der Waals surface area contributed by atoms with Gasteiger partial charge in [-0.25, -0.2) is 14.8 Å². The first kappa shape index (κ1) is 26.4. The summed E-state index contributed by atoms with van der Waals surface area (Å²) in [5, 5.41) is 10.0. The third kappa shape index (κ3) is 5.37. The maximum absolute atomic E-state index is 13.2. The minimum Gasteiger partial charge on any atom is -0.480 e. The lowest BCUT2D eigenvalue weighted by Gasteiger charge is -2.33. The molecule has 5 rings (SSSR count). The molecular weight excluding hydrogens is 524 g/mol. The first-order chi connectivity index (χ1) is 18.5. The second kappa shape index (κ2) is 10.2. The molecule has 1 N–H and O–H groups in total. The number of likely N-dealkylation sites (tertiary alicyclic amines) is 1. The number of hydrogen-bond donors (Lipinski definition) is 1. The molecule has 0 bridgehead atoms. The van der Waals surface area contributed by atoms with E-state index in [0.717, 1.165) is 11.1 Å². The van der Waals surface area contributed by atoms with Crippen molar-refractivity contribution >= 4 is 34.7 Å². The topological polar surface area (TPSA) is 128 Å². The minimum atomic E-state index is -1.26. The Morgan fingerprint density at radius 3 is 2.59 bits per heavy atom. The summed E-state index contributed by atoms with van der Waals surface area (Å²) in [5.74, 6) is 0.0149. The van der Waals surface area contributed by atoms with Crippen molar-refractivity contribution < 1.29 is 28.6 Å². The van der Waals surface area contributed by atoms with Crippen molar-refractivity contribution in [2.75, 3.05) is 6.54 Å². The molecule has 1 amide bonds. The maximum atomic E-state index is 13.2. The number of amides is 1. The van der Waals surface area contributed by atoms with Crippen molar-refractivity contribution in [3.8, 4) is 29.0 Å². The van der Waals surface area contributed by atoms with Crippen LogP contribution in [0.5, 0.6) is 17.5 Å². The van der Waals surface area contributed by atoms with E-state index in [1.54, 1.807) is 38.1 Å². The second-order valence-corrected chi connectivity index (χ2v) is 10.4. The van der Waals surface area contributed by atoms with E-state index in [0.29, 0.717) is 52.9 Å². The van der Waals surface area contributed by atoms with E-state index in [9.17, 15) is 14.7 Å². The van der Waals surface area contributed by atoms with Gasteiger partial charge in [-0.1, -0.05) is 17.7 Å². The molecule has 2 aromatic heterocycles. The number of aliphatic carboxylic acids is 1. The fraction of sp³-hybridized carbons (Fsp3) is 0.321. The van der Waals surface area contributed by atoms with Crippen LogP contribution in [-0.2, 0) is 9.59 Å². The number of fused-ring (bicyclic) bond motifs is 1. The monoisotopic (exact) mass is 550 g/mol. The molecule has 2 aromatic carbocycles. The van der Waals surface area contributed by atoms with Gasteiger partial charge < -0.3 is 23.9 Å². The summed E-state index contributed by atoms with van der Waals surface area (Å²) in [5.41, 5.74) is 1.69. The standard InChI is InChI=1S/C28H27ClN4O6/c1-15-11-17(12-16(2)22(15)39-28(3,4)26(36)33-10-6-9-21(33)25(34)35)23-31-20-14-30-27(32-24(20)38-23)37-19-8-5-7-18(29)13-19/h5,7-8,11-14,21H,6,9-10H2,1-4H3,(H,34,35)/t21-/m0/s1. The number of carboxylic acids is 1. The molecular formula is C28H27ClN4O6. The predicted molar refractivity (Wildman–Crippen MR) is 143 cm³/mol. The number of aryl methyl sites for hydroxylation is 2. The number of halogens is 1. The number of carbonyl (C=O) groups is 2. The molecule has 0 aliphatic carbocycles. The third-order valence-electron chi connectivity index (χ3n) is 6.51. The van der Waals surface area contributed by atoms with Gasteiger partial charge in [0.1, 0.15) is 23.1 Å². The third-order valence-corrected chi connectivity index (χ3v) is 6.75. The van der Waals surface area contributed by atoms with Gasteiger partial charge in [0.15, 0.2) is 5.60 Å². The molecule has 1 atom stereocenters. The first-order valence-corrected chi connectivity index (χ1v) is 12.8. The molecule has 3 heterocycles. The van der Waals surface area contributed by atoms with Crippen molar-refractivity contribution in [3.05, 3.63) is 58.7 Å². The number of aromatic nitrogens is 3. The zero-order valence-corrected chi connectivity index (χ0v) is 22.7. The van der Waals surface area contributed by atoms with Gasteiger partial charge in [-0.15, -0.1) is 0 Å². The Balaban J connectivity index is 1.38. The number of carbonyl (C=O) groups excluding carboxylic acids is 1. The maximum Gasteiger partial charge on any atom is 0.326 e. The van der Waals surface area contributed by atoms with Crippen LogP contribution in [0.25, 0.3) is 22.7 Å². The Kier molecular flexibility index (Phi) is 6.90. The molecule has 11 heteroatoms. The fourth-order valence-corrected chi connectivity index (χ4v) is 4.85. The van der Waals surface area contributed by atoms with Gasteiger partial charge in [0.25, 0.3) is 11.6 Å². The zero-order chi connectivity index (χ0) is 27.9. The van der Waals surface area contributed by atoms with Crippen LogP contribution in [0.3, 0.4) is 0 Å². The van der Waals surface area contributed by atoms with Gasteiger partial charge in [-0.2, -0.15) is 4.98 Å². The summed E-state index contributed by atoms with van der Waals surface area (Å²) in [6, 6.07) is 9.86. The minimum absolute atomic E-state index is 0.0959. The van der Waals surface area contributed by atoms with Gasteiger partial charge in [0.2, 0.25) is 5.89 Å². The molecule has 4 aromatic rings. The smallest absolute Gasteiger partial charge is 0.326 e. The summed E-state index contributed by atoms with van der Waals surface area (Å²) in [7, 11) is 0. The average molecular weight is 551 g/mol. The van der Waals surface area contributed by atoms with Gasteiger partial charge >= 0.3 is 12.0 Å². The Bertz CT molecular complexity index is 1560. The molecule has 0 saturated carbocycles. The number of hydrogen-bond acceptors (Lipinski definition) is 8. The molecule has 10 nitrogen and oxygen atoms in total. The Morgan fingerprint density at radius 1 is 1.15 bits per heavy atom. The number of rotatable bonds is 7. The largest absolute Gasteiger partial charge is 0.480 e. The molecule has 0 radical (unpaired) electrons. The van der Waals surface area contributed by atoms with E-state index in [2.05, 4.69) is 15.0 Å². The van der Waals surface area contributed by atoms with Crippen molar-refractivity contribution in [2.45, 2.75) is 52.2 Å². The Hall–Kier alpha value is -4.18. The highest BCUT2D eigenvalue weighted by molar-refractivity contribution is 6.30. The summed E-state index contributed by atoms with van der Waals surface area (Å²) >= 11 is 6.01. The van der Waals surface area contributed by atoms with E-state index in [1.165, 1.54) is 11.1 Å². The summed E-state index contributed by atoms with van der Waals surface area (Å²) in [6.07, 6.45) is 2.60. The Labute approximate surface area is 229 Å². The van der Waals surface area contributed by atoms with E-state index in [-0.39, 0.29) is 17.6 Å². The number of carboxylic acid groups (broad SMARTS) is 1. The molecule has 1 saturated heterocycles. The molecule has 1 fully saturated rings. The predicted octanol–water partition coefficient (Wildman–Crippen LogP) is 5.58. The highest BCUT2D eigenvalue weighted by Gasteiger charge is 2.42. The van der Waals surface area contributed by atoms with Crippen LogP contribution in [-0.4, -0.2) is 55.0 Å². The van der Waals surface area contributed by atoms with Crippen molar-refractivity contribution in [1.82, 2.24) is 19.9 Å². The van der Waals surface area contributed by atoms with Crippen LogP contribution in [0.1, 0.15) is 37.8 Å². The van der Waals surface area contributed by atoms with Crippen LogP contribution < -0.4 is 9.47 Å². The number of oxazole rings is 1. The van der Waals surface area contributed by atoms with E-state index >= 15 is 0 Å². The fourth-order valence-electron chi connectivity index (χ4n) is 4.67. The quantitative estimate of drug-likeness (QED) is 0.313. The summed E-state index contributed by atoms with van der Waals surface area (Å²) < 4.78 is 17.8. The van der Waals surface area contributed by atoms with Gasteiger partial charge in [0.05, 0.1) is 6.20 Å². The van der Waals surface area contributed by atoms with Gasteiger partial charge in [0, 0.05) is 17.1 Å². The normalized spacial score (nSPS) is 15.5. The van der Waals surface area contributed by atoms with E-state index in [4.69, 9.17) is 25.5 Å². The Morgan fingerprint density at radius 2 is 1.90 bits per heavy atom. The average Bonchev–Trinajstić information content (AvgIpc) is 3.53.